The highest BCUT2D eigenvalue weighted by Gasteiger charge is 2.14. The Morgan fingerprint density at radius 2 is 1.81 bits per heavy atom. The molecule has 0 atom stereocenters. The van der Waals surface area contributed by atoms with Crippen LogP contribution in [0.5, 0.6) is 0 Å². The minimum absolute atomic E-state index is 0.606. The fourth-order valence-corrected chi connectivity index (χ4v) is 3.73. The van der Waals surface area contributed by atoms with Crippen LogP contribution in [0.3, 0.4) is 0 Å². The summed E-state index contributed by atoms with van der Waals surface area (Å²) in [6, 6.07) is 13.3. The van der Waals surface area contributed by atoms with Gasteiger partial charge in [-0.05, 0) is 56.3 Å². The molecule has 1 fully saturated rings. The molecule has 0 bridgehead atoms. The predicted octanol–water partition coefficient (Wildman–Crippen LogP) is 5.11. The number of nitrogens with zero attached hydrogens (tertiary/aromatic N) is 3. The van der Waals surface area contributed by atoms with Gasteiger partial charge in [0.15, 0.2) is 5.82 Å². The maximum absolute atomic E-state index is 6.35. The summed E-state index contributed by atoms with van der Waals surface area (Å²) in [5, 5.41) is 5.74. The number of hydrogen-bond acceptors (Lipinski definition) is 4. The average Bonchev–Trinajstić information content (AvgIpc) is 3.15. The van der Waals surface area contributed by atoms with E-state index in [0.717, 1.165) is 35.4 Å². The van der Waals surface area contributed by atoms with Crippen molar-refractivity contribution in [2.24, 2.45) is 0 Å². The standard InChI is InChI=1S/C20H20Cl2N4/c21-14-7-8-16-18(13-14)24-20(15-5-1-2-6-17(15)22)25-19(16)23-9-12-26-10-3-4-11-26/h1-2,5-8,13H,3-4,9-12H2,(H,23,24,25). The van der Waals surface area contributed by atoms with E-state index in [1.807, 2.05) is 42.5 Å². The summed E-state index contributed by atoms with van der Waals surface area (Å²) in [5.74, 6) is 1.43. The van der Waals surface area contributed by atoms with E-state index < -0.39 is 0 Å². The van der Waals surface area contributed by atoms with Crippen LogP contribution in [0.25, 0.3) is 22.3 Å². The van der Waals surface area contributed by atoms with Gasteiger partial charge in [0.05, 0.1) is 10.5 Å². The van der Waals surface area contributed by atoms with E-state index in [1.54, 1.807) is 0 Å². The third kappa shape index (κ3) is 3.78. The third-order valence-corrected chi connectivity index (χ3v) is 5.26. The maximum atomic E-state index is 6.35. The minimum atomic E-state index is 0.606. The van der Waals surface area contributed by atoms with Crippen molar-refractivity contribution < 1.29 is 0 Å². The summed E-state index contributed by atoms with van der Waals surface area (Å²) in [6.07, 6.45) is 2.59. The van der Waals surface area contributed by atoms with E-state index in [-0.39, 0.29) is 0 Å². The summed E-state index contributed by atoms with van der Waals surface area (Å²) >= 11 is 12.5. The highest BCUT2D eigenvalue weighted by atomic mass is 35.5. The van der Waals surface area contributed by atoms with Crippen LogP contribution in [0.15, 0.2) is 42.5 Å². The first-order valence-corrected chi connectivity index (χ1v) is 9.65. The Morgan fingerprint density at radius 1 is 1.00 bits per heavy atom. The van der Waals surface area contributed by atoms with Gasteiger partial charge in [-0.3, -0.25) is 0 Å². The topological polar surface area (TPSA) is 41.0 Å². The number of benzene rings is 2. The maximum Gasteiger partial charge on any atom is 0.163 e. The molecular weight excluding hydrogens is 367 g/mol. The van der Waals surface area contributed by atoms with Crippen molar-refractivity contribution in [1.82, 2.24) is 14.9 Å². The molecule has 1 aromatic heterocycles. The number of rotatable bonds is 5. The predicted molar refractivity (Wildman–Crippen MR) is 109 cm³/mol. The lowest BCUT2D eigenvalue weighted by atomic mass is 10.2. The van der Waals surface area contributed by atoms with Crippen LogP contribution in [0.4, 0.5) is 5.82 Å². The molecular formula is C20H20Cl2N4. The number of likely N-dealkylation sites (tertiary alicyclic amines) is 1. The van der Waals surface area contributed by atoms with E-state index in [1.165, 1.54) is 25.9 Å². The van der Waals surface area contributed by atoms with Crippen molar-refractivity contribution in [3.8, 4) is 11.4 Å². The van der Waals surface area contributed by atoms with Gasteiger partial charge in [0.1, 0.15) is 5.82 Å². The monoisotopic (exact) mass is 386 g/mol. The molecule has 0 spiro atoms. The van der Waals surface area contributed by atoms with E-state index in [9.17, 15) is 0 Å². The molecule has 26 heavy (non-hydrogen) atoms. The van der Waals surface area contributed by atoms with Crippen molar-refractivity contribution in [3.63, 3.8) is 0 Å². The molecule has 0 unspecified atom stereocenters. The van der Waals surface area contributed by atoms with Crippen LogP contribution in [-0.2, 0) is 0 Å². The summed E-state index contributed by atoms with van der Waals surface area (Å²) in [5.41, 5.74) is 1.63. The van der Waals surface area contributed by atoms with Crippen molar-refractivity contribution in [3.05, 3.63) is 52.5 Å². The number of anilines is 1. The van der Waals surface area contributed by atoms with Gasteiger partial charge < -0.3 is 10.2 Å². The molecule has 2 heterocycles. The smallest absolute Gasteiger partial charge is 0.163 e. The van der Waals surface area contributed by atoms with Gasteiger partial charge in [-0.15, -0.1) is 0 Å². The molecule has 2 aromatic carbocycles. The first-order chi connectivity index (χ1) is 12.7. The lowest BCUT2D eigenvalue weighted by molar-refractivity contribution is 0.352. The lowest BCUT2D eigenvalue weighted by Crippen LogP contribution is -2.26. The van der Waals surface area contributed by atoms with Crippen molar-refractivity contribution >= 4 is 39.9 Å². The van der Waals surface area contributed by atoms with E-state index in [0.29, 0.717) is 15.9 Å². The number of aromatic nitrogens is 2. The number of halogens is 2. The average molecular weight is 387 g/mol. The first kappa shape index (κ1) is 17.5. The molecule has 1 N–H and O–H groups in total. The van der Waals surface area contributed by atoms with E-state index >= 15 is 0 Å². The van der Waals surface area contributed by atoms with Crippen LogP contribution in [0.2, 0.25) is 10.0 Å². The molecule has 0 aliphatic carbocycles. The Bertz CT molecular complexity index is 923. The highest BCUT2D eigenvalue weighted by molar-refractivity contribution is 6.33. The zero-order valence-corrected chi connectivity index (χ0v) is 15.9. The zero-order valence-electron chi connectivity index (χ0n) is 14.4. The fraction of sp³-hybridized carbons (Fsp3) is 0.300. The SMILES string of the molecule is Clc1ccc2c(NCCN3CCCC3)nc(-c3ccccc3Cl)nc2c1. The second-order valence-corrected chi connectivity index (χ2v) is 7.36. The second kappa shape index (κ2) is 7.78. The van der Waals surface area contributed by atoms with Crippen molar-refractivity contribution in [1.29, 1.82) is 0 Å². The molecule has 134 valence electrons. The van der Waals surface area contributed by atoms with Gasteiger partial charge in [-0.1, -0.05) is 35.3 Å². The van der Waals surface area contributed by atoms with Crippen LogP contribution in [0.1, 0.15) is 12.8 Å². The molecule has 1 aliphatic heterocycles. The summed E-state index contributed by atoms with van der Waals surface area (Å²) in [6.45, 7) is 4.23. The molecule has 6 heteroatoms. The van der Waals surface area contributed by atoms with Crippen molar-refractivity contribution in [2.75, 3.05) is 31.5 Å². The largest absolute Gasteiger partial charge is 0.368 e. The van der Waals surface area contributed by atoms with Gasteiger partial charge in [0, 0.05) is 29.1 Å². The fourth-order valence-electron chi connectivity index (χ4n) is 3.34. The highest BCUT2D eigenvalue weighted by Crippen LogP contribution is 2.30. The van der Waals surface area contributed by atoms with Crippen LogP contribution >= 0.6 is 23.2 Å². The van der Waals surface area contributed by atoms with Gasteiger partial charge in [-0.25, -0.2) is 9.97 Å². The third-order valence-electron chi connectivity index (χ3n) is 4.69. The van der Waals surface area contributed by atoms with Gasteiger partial charge in [0.25, 0.3) is 0 Å². The van der Waals surface area contributed by atoms with Crippen LogP contribution < -0.4 is 5.32 Å². The Hall–Kier alpha value is -1.88. The number of nitrogens with one attached hydrogen (secondary N) is 1. The van der Waals surface area contributed by atoms with E-state index in [4.69, 9.17) is 28.2 Å². The summed E-state index contributed by atoms with van der Waals surface area (Å²) < 4.78 is 0. The Balaban J connectivity index is 1.68. The molecule has 3 aromatic rings. The van der Waals surface area contributed by atoms with Gasteiger partial charge in [-0.2, -0.15) is 0 Å². The Labute approximate surface area is 163 Å². The minimum Gasteiger partial charge on any atom is -0.368 e. The summed E-state index contributed by atoms with van der Waals surface area (Å²) in [7, 11) is 0. The quantitative estimate of drug-likeness (QED) is 0.661. The molecule has 1 aliphatic rings. The molecule has 4 rings (SSSR count). The normalized spacial score (nSPS) is 14.8. The molecule has 1 saturated heterocycles. The molecule has 0 amide bonds. The molecule has 0 saturated carbocycles. The number of fused-ring (bicyclic) bond motifs is 1. The van der Waals surface area contributed by atoms with Gasteiger partial charge >= 0.3 is 0 Å². The molecule has 4 nitrogen and oxygen atoms in total. The first-order valence-electron chi connectivity index (χ1n) is 8.89. The Morgan fingerprint density at radius 3 is 2.62 bits per heavy atom. The summed E-state index contributed by atoms with van der Waals surface area (Å²) in [4.78, 5) is 11.9. The van der Waals surface area contributed by atoms with Crippen LogP contribution in [-0.4, -0.2) is 41.0 Å². The Kier molecular flexibility index (Phi) is 5.25. The van der Waals surface area contributed by atoms with E-state index in [2.05, 4.69) is 15.2 Å². The van der Waals surface area contributed by atoms with Crippen molar-refractivity contribution in [2.45, 2.75) is 12.8 Å². The lowest BCUT2D eigenvalue weighted by Gasteiger charge is -2.16. The zero-order chi connectivity index (χ0) is 17.9. The molecule has 0 radical (unpaired) electrons. The van der Waals surface area contributed by atoms with Crippen LogP contribution in [0, 0.1) is 0 Å². The number of hydrogen-bond donors (Lipinski definition) is 1. The second-order valence-electron chi connectivity index (χ2n) is 6.51. The van der Waals surface area contributed by atoms with Gasteiger partial charge in [0.2, 0.25) is 0 Å².